The Morgan fingerprint density at radius 3 is 2.42 bits per heavy atom. The summed E-state index contributed by atoms with van der Waals surface area (Å²) in [5.41, 5.74) is 4.22. The Kier molecular flexibility index (Phi) is 7.49. The van der Waals surface area contributed by atoms with Crippen molar-refractivity contribution in [2.75, 3.05) is 20.3 Å². The molecule has 0 unspecified atom stereocenters. The largest absolute Gasteiger partial charge is 0.494 e. The number of nitrogens with zero attached hydrogens (tertiary/aromatic N) is 1. The van der Waals surface area contributed by atoms with E-state index in [1.807, 2.05) is 50.2 Å². The molecule has 26 heavy (non-hydrogen) atoms. The van der Waals surface area contributed by atoms with Gasteiger partial charge in [0.1, 0.15) is 5.75 Å². The van der Waals surface area contributed by atoms with Gasteiger partial charge < -0.3 is 14.2 Å². The maximum absolute atomic E-state index is 12.0. The first-order valence-electron chi connectivity index (χ1n) is 8.50. The van der Waals surface area contributed by atoms with Crippen molar-refractivity contribution >= 4 is 12.1 Å². The Labute approximate surface area is 153 Å². The molecule has 0 saturated heterocycles. The van der Waals surface area contributed by atoms with Crippen LogP contribution in [-0.4, -0.2) is 32.4 Å². The Morgan fingerprint density at radius 1 is 1.04 bits per heavy atom. The molecule has 0 fully saturated rings. The van der Waals surface area contributed by atoms with E-state index in [1.165, 1.54) is 0 Å². The minimum Gasteiger partial charge on any atom is -0.494 e. The third-order valence-corrected chi connectivity index (χ3v) is 3.49. The maximum Gasteiger partial charge on any atom is 0.244 e. The average molecular weight is 356 g/mol. The molecule has 6 heteroatoms. The van der Waals surface area contributed by atoms with Gasteiger partial charge in [-0.15, -0.1) is 0 Å². The Bertz CT molecular complexity index is 742. The zero-order valence-corrected chi connectivity index (χ0v) is 15.3. The second-order valence-electron chi connectivity index (χ2n) is 5.39. The van der Waals surface area contributed by atoms with Crippen molar-refractivity contribution in [2.45, 2.75) is 20.3 Å². The summed E-state index contributed by atoms with van der Waals surface area (Å²) < 4.78 is 16.1. The lowest BCUT2D eigenvalue weighted by Crippen LogP contribution is -2.19. The van der Waals surface area contributed by atoms with Gasteiger partial charge in [-0.2, -0.15) is 5.10 Å². The summed E-state index contributed by atoms with van der Waals surface area (Å²) in [6.45, 7) is 4.99. The first-order valence-corrected chi connectivity index (χ1v) is 8.50. The van der Waals surface area contributed by atoms with Crippen LogP contribution in [0.4, 0.5) is 0 Å². The molecule has 2 rings (SSSR count). The minimum absolute atomic E-state index is 0.191. The number of carbonyl (C=O) groups excluding carboxylic acids is 1. The number of carbonyl (C=O) groups is 1. The minimum atomic E-state index is -0.191. The third kappa shape index (κ3) is 5.81. The zero-order chi connectivity index (χ0) is 18.8. The molecule has 2 aromatic rings. The molecule has 1 amide bonds. The number of hydrogen-bond acceptors (Lipinski definition) is 5. The molecule has 0 aliphatic carbocycles. The van der Waals surface area contributed by atoms with Crippen LogP contribution in [0, 0.1) is 0 Å². The number of rotatable bonds is 9. The second-order valence-corrected chi connectivity index (χ2v) is 5.39. The van der Waals surface area contributed by atoms with E-state index in [9.17, 15) is 4.79 Å². The van der Waals surface area contributed by atoms with E-state index in [2.05, 4.69) is 10.5 Å². The molecular weight excluding hydrogens is 332 g/mol. The molecule has 0 aliphatic rings. The summed E-state index contributed by atoms with van der Waals surface area (Å²) in [5, 5.41) is 4.00. The summed E-state index contributed by atoms with van der Waals surface area (Å²) in [5.74, 6) is 1.89. The predicted octanol–water partition coefficient (Wildman–Crippen LogP) is 3.19. The van der Waals surface area contributed by atoms with Crippen molar-refractivity contribution in [3.8, 4) is 17.2 Å². The highest BCUT2D eigenvalue weighted by Crippen LogP contribution is 2.27. The van der Waals surface area contributed by atoms with Gasteiger partial charge in [-0.05, 0) is 55.3 Å². The van der Waals surface area contributed by atoms with Crippen LogP contribution in [0.5, 0.6) is 17.2 Å². The lowest BCUT2D eigenvalue weighted by atomic mass is 10.1. The van der Waals surface area contributed by atoms with Crippen molar-refractivity contribution in [3.63, 3.8) is 0 Å². The number of hydrogen-bond donors (Lipinski definition) is 1. The highest BCUT2D eigenvalue weighted by molar-refractivity contribution is 5.84. The van der Waals surface area contributed by atoms with Gasteiger partial charge in [0.25, 0.3) is 0 Å². The van der Waals surface area contributed by atoms with E-state index in [0.717, 1.165) is 16.9 Å². The van der Waals surface area contributed by atoms with Crippen LogP contribution in [0.3, 0.4) is 0 Å². The van der Waals surface area contributed by atoms with E-state index in [1.54, 1.807) is 19.4 Å². The fourth-order valence-corrected chi connectivity index (χ4v) is 2.32. The lowest BCUT2D eigenvalue weighted by molar-refractivity contribution is -0.120. The van der Waals surface area contributed by atoms with Crippen LogP contribution in [0.1, 0.15) is 25.0 Å². The fourth-order valence-electron chi connectivity index (χ4n) is 2.32. The van der Waals surface area contributed by atoms with Gasteiger partial charge in [-0.3, -0.25) is 4.79 Å². The molecule has 0 heterocycles. The monoisotopic (exact) mass is 356 g/mol. The Hall–Kier alpha value is -3.02. The topological polar surface area (TPSA) is 69.2 Å². The van der Waals surface area contributed by atoms with Crippen LogP contribution in [-0.2, 0) is 11.2 Å². The van der Waals surface area contributed by atoms with E-state index in [4.69, 9.17) is 14.2 Å². The van der Waals surface area contributed by atoms with Gasteiger partial charge in [0.15, 0.2) is 11.5 Å². The predicted molar refractivity (Wildman–Crippen MR) is 101 cm³/mol. The number of amides is 1. The molecule has 0 aromatic heterocycles. The molecule has 6 nitrogen and oxygen atoms in total. The van der Waals surface area contributed by atoms with Crippen molar-refractivity contribution in [3.05, 3.63) is 53.6 Å². The molecule has 0 radical (unpaired) electrons. The van der Waals surface area contributed by atoms with E-state index in [-0.39, 0.29) is 12.3 Å². The van der Waals surface area contributed by atoms with Gasteiger partial charge in [0.2, 0.25) is 5.91 Å². The SMILES string of the molecule is CCOc1ccc(CC(=O)N/N=C/c2ccc(OC)c(OCC)c2)cc1. The zero-order valence-electron chi connectivity index (χ0n) is 15.3. The lowest BCUT2D eigenvalue weighted by Gasteiger charge is -2.09. The van der Waals surface area contributed by atoms with Crippen LogP contribution in [0.25, 0.3) is 0 Å². The van der Waals surface area contributed by atoms with Crippen molar-refractivity contribution < 1.29 is 19.0 Å². The molecule has 0 spiro atoms. The molecule has 0 atom stereocenters. The fraction of sp³-hybridized carbons (Fsp3) is 0.300. The van der Waals surface area contributed by atoms with E-state index < -0.39 is 0 Å². The number of benzene rings is 2. The molecule has 138 valence electrons. The van der Waals surface area contributed by atoms with Crippen LogP contribution in [0.15, 0.2) is 47.6 Å². The van der Waals surface area contributed by atoms with E-state index >= 15 is 0 Å². The standard InChI is InChI=1S/C20H24N2O4/c1-4-25-17-9-6-15(7-10-17)13-20(23)22-21-14-16-8-11-18(24-3)19(12-16)26-5-2/h6-12,14H,4-5,13H2,1-3H3,(H,22,23)/b21-14+. The average Bonchev–Trinajstić information content (AvgIpc) is 2.64. The van der Waals surface area contributed by atoms with Crippen molar-refractivity contribution in [1.29, 1.82) is 0 Å². The molecular formula is C20H24N2O4. The highest BCUT2D eigenvalue weighted by atomic mass is 16.5. The Morgan fingerprint density at radius 2 is 1.77 bits per heavy atom. The number of hydrazone groups is 1. The number of methoxy groups -OCH3 is 1. The van der Waals surface area contributed by atoms with Gasteiger partial charge >= 0.3 is 0 Å². The molecule has 2 aromatic carbocycles. The molecule has 0 aliphatic heterocycles. The normalized spacial score (nSPS) is 10.6. The number of ether oxygens (including phenoxy) is 3. The summed E-state index contributed by atoms with van der Waals surface area (Å²) in [6.07, 6.45) is 1.81. The van der Waals surface area contributed by atoms with E-state index in [0.29, 0.717) is 24.7 Å². The van der Waals surface area contributed by atoms with Gasteiger partial charge in [0.05, 0.1) is 33.0 Å². The van der Waals surface area contributed by atoms with Gasteiger partial charge in [-0.25, -0.2) is 5.43 Å². The molecule has 0 bridgehead atoms. The first kappa shape index (κ1) is 19.3. The van der Waals surface area contributed by atoms with Crippen LogP contribution < -0.4 is 19.6 Å². The van der Waals surface area contributed by atoms with Gasteiger partial charge in [-0.1, -0.05) is 12.1 Å². The molecule has 0 saturated carbocycles. The van der Waals surface area contributed by atoms with Crippen LogP contribution in [0.2, 0.25) is 0 Å². The summed E-state index contributed by atoms with van der Waals surface area (Å²) >= 11 is 0. The van der Waals surface area contributed by atoms with Gasteiger partial charge in [0, 0.05) is 0 Å². The van der Waals surface area contributed by atoms with Crippen molar-refractivity contribution in [1.82, 2.24) is 5.43 Å². The third-order valence-electron chi connectivity index (χ3n) is 3.49. The quantitative estimate of drug-likeness (QED) is 0.553. The number of nitrogens with one attached hydrogen (secondary N) is 1. The molecule has 1 N–H and O–H groups in total. The maximum atomic E-state index is 12.0. The highest BCUT2D eigenvalue weighted by Gasteiger charge is 2.05. The summed E-state index contributed by atoms with van der Waals surface area (Å²) in [4.78, 5) is 12.0. The second kappa shape index (κ2) is 10.1. The van der Waals surface area contributed by atoms with Crippen molar-refractivity contribution in [2.24, 2.45) is 5.10 Å². The smallest absolute Gasteiger partial charge is 0.244 e. The first-order chi connectivity index (χ1) is 12.7. The van der Waals surface area contributed by atoms with Crippen LogP contribution >= 0.6 is 0 Å². The Balaban J connectivity index is 1.91. The summed E-state index contributed by atoms with van der Waals surface area (Å²) in [6, 6.07) is 12.9. The summed E-state index contributed by atoms with van der Waals surface area (Å²) in [7, 11) is 1.59.